The quantitative estimate of drug-likeness (QED) is 0.389. The molecule has 0 fully saturated rings. The van der Waals surface area contributed by atoms with Crippen molar-refractivity contribution < 1.29 is 9.94 Å². The SMILES string of the molecule is Cc1cc(Br)ccc1OCc1ccc(C(N)=NO)cc1. The van der Waals surface area contributed by atoms with Crippen LogP contribution in [0, 0.1) is 6.92 Å². The summed E-state index contributed by atoms with van der Waals surface area (Å²) >= 11 is 3.42. The molecule has 0 aromatic heterocycles. The van der Waals surface area contributed by atoms with Crippen molar-refractivity contribution in [2.45, 2.75) is 13.5 Å². The normalized spacial score (nSPS) is 11.4. The number of nitrogens with zero attached hydrogens (tertiary/aromatic N) is 1. The summed E-state index contributed by atoms with van der Waals surface area (Å²) in [5.41, 5.74) is 8.28. The van der Waals surface area contributed by atoms with Crippen molar-refractivity contribution in [3.63, 3.8) is 0 Å². The highest BCUT2D eigenvalue weighted by atomic mass is 79.9. The lowest BCUT2D eigenvalue weighted by atomic mass is 10.1. The van der Waals surface area contributed by atoms with Gasteiger partial charge in [-0.3, -0.25) is 0 Å². The van der Waals surface area contributed by atoms with Gasteiger partial charge in [-0.2, -0.15) is 0 Å². The topological polar surface area (TPSA) is 67.8 Å². The molecule has 2 aromatic carbocycles. The van der Waals surface area contributed by atoms with Crippen LogP contribution in [0.4, 0.5) is 0 Å². The minimum absolute atomic E-state index is 0.0984. The summed E-state index contributed by atoms with van der Waals surface area (Å²) in [6.07, 6.45) is 0. The molecule has 2 rings (SSSR count). The zero-order chi connectivity index (χ0) is 14.5. The maximum absolute atomic E-state index is 8.60. The fraction of sp³-hybridized carbons (Fsp3) is 0.133. The third-order valence-corrected chi connectivity index (χ3v) is 3.38. The number of amidine groups is 1. The van der Waals surface area contributed by atoms with Crippen LogP contribution in [-0.4, -0.2) is 11.0 Å². The molecule has 104 valence electrons. The minimum Gasteiger partial charge on any atom is -0.489 e. The summed E-state index contributed by atoms with van der Waals surface area (Å²) in [6.45, 7) is 2.47. The number of hydrogen-bond acceptors (Lipinski definition) is 3. The van der Waals surface area contributed by atoms with Gasteiger partial charge in [0, 0.05) is 10.0 Å². The predicted molar refractivity (Wildman–Crippen MR) is 82.2 cm³/mol. The molecule has 0 saturated carbocycles. The van der Waals surface area contributed by atoms with E-state index in [0.717, 1.165) is 21.3 Å². The molecule has 0 aliphatic rings. The van der Waals surface area contributed by atoms with Gasteiger partial charge in [-0.25, -0.2) is 0 Å². The van der Waals surface area contributed by atoms with Crippen LogP contribution in [0.2, 0.25) is 0 Å². The highest BCUT2D eigenvalue weighted by Crippen LogP contribution is 2.23. The van der Waals surface area contributed by atoms with Crippen LogP contribution in [0.1, 0.15) is 16.7 Å². The lowest BCUT2D eigenvalue weighted by Gasteiger charge is -2.10. The largest absolute Gasteiger partial charge is 0.489 e. The second-order valence-electron chi connectivity index (χ2n) is 4.38. The highest BCUT2D eigenvalue weighted by Gasteiger charge is 2.02. The molecule has 0 aliphatic carbocycles. The van der Waals surface area contributed by atoms with Crippen LogP contribution in [0.5, 0.6) is 5.75 Å². The van der Waals surface area contributed by atoms with Crippen LogP contribution in [0.25, 0.3) is 0 Å². The van der Waals surface area contributed by atoms with Gasteiger partial charge in [-0.15, -0.1) is 0 Å². The molecule has 20 heavy (non-hydrogen) atoms. The first-order chi connectivity index (χ1) is 9.60. The Balaban J connectivity index is 2.04. The Bertz CT molecular complexity index is 624. The number of halogens is 1. The van der Waals surface area contributed by atoms with Crippen LogP contribution >= 0.6 is 15.9 Å². The average molecular weight is 335 g/mol. The summed E-state index contributed by atoms with van der Waals surface area (Å²) in [5, 5.41) is 11.6. The Labute approximate surface area is 126 Å². The highest BCUT2D eigenvalue weighted by molar-refractivity contribution is 9.10. The van der Waals surface area contributed by atoms with Crippen molar-refractivity contribution in [2.75, 3.05) is 0 Å². The summed E-state index contributed by atoms with van der Waals surface area (Å²) in [5.74, 6) is 0.954. The summed E-state index contributed by atoms with van der Waals surface area (Å²) < 4.78 is 6.81. The van der Waals surface area contributed by atoms with Crippen molar-refractivity contribution in [3.8, 4) is 5.75 Å². The molecule has 3 N–H and O–H groups in total. The molecule has 0 radical (unpaired) electrons. The first kappa shape index (κ1) is 14.4. The van der Waals surface area contributed by atoms with E-state index in [0.29, 0.717) is 12.2 Å². The molecule has 5 heteroatoms. The van der Waals surface area contributed by atoms with Crippen molar-refractivity contribution >= 4 is 21.8 Å². The molecular formula is C15H15BrN2O2. The molecule has 0 bridgehead atoms. The third-order valence-electron chi connectivity index (χ3n) is 2.89. The van der Waals surface area contributed by atoms with Gasteiger partial charge in [0.15, 0.2) is 5.84 Å². The molecule has 0 atom stereocenters. The smallest absolute Gasteiger partial charge is 0.170 e. The number of aryl methyl sites for hydroxylation is 1. The van der Waals surface area contributed by atoms with Gasteiger partial charge in [0.25, 0.3) is 0 Å². The summed E-state index contributed by atoms with van der Waals surface area (Å²) in [4.78, 5) is 0. The second-order valence-corrected chi connectivity index (χ2v) is 5.30. The number of oxime groups is 1. The minimum atomic E-state index is 0.0984. The first-order valence-electron chi connectivity index (χ1n) is 6.06. The van der Waals surface area contributed by atoms with Crippen molar-refractivity contribution in [1.82, 2.24) is 0 Å². The molecule has 0 unspecified atom stereocenters. The molecule has 4 nitrogen and oxygen atoms in total. The second kappa shape index (κ2) is 6.43. The predicted octanol–water partition coefficient (Wildman–Crippen LogP) is 3.43. The maximum Gasteiger partial charge on any atom is 0.170 e. The molecular weight excluding hydrogens is 320 g/mol. The van der Waals surface area contributed by atoms with E-state index in [1.807, 2.05) is 37.3 Å². The Kier molecular flexibility index (Phi) is 4.63. The summed E-state index contributed by atoms with van der Waals surface area (Å²) in [6, 6.07) is 13.3. The van der Waals surface area contributed by atoms with E-state index < -0.39 is 0 Å². The lowest BCUT2D eigenvalue weighted by Crippen LogP contribution is -2.12. The number of nitrogens with two attached hydrogens (primary N) is 1. The standard InChI is InChI=1S/C15H15BrN2O2/c1-10-8-13(16)6-7-14(10)20-9-11-2-4-12(5-3-11)15(17)18-19/h2-8,19H,9H2,1H3,(H2,17,18). The molecule has 0 aliphatic heterocycles. The van der Waals surface area contributed by atoms with Gasteiger partial charge >= 0.3 is 0 Å². The van der Waals surface area contributed by atoms with Gasteiger partial charge in [-0.05, 0) is 36.2 Å². The number of rotatable bonds is 4. The molecule has 0 heterocycles. The van der Waals surface area contributed by atoms with Gasteiger partial charge in [0.05, 0.1) is 0 Å². The van der Waals surface area contributed by atoms with Gasteiger partial charge in [0.2, 0.25) is 0 Å². The van der Waals surface area contributed by atoms with E-state index in [1.54, 1.807) is 12.1 Å². The van der Waals surface area contributed by atoms with Crippen molar-refractivity contribution in [3.05, 3.63) is 63.6 Å². The molecule has 0 saturated heterocycles. The molecule has 0 amide bonds. The molecule has 0 spiro atoms. The van der Waals surface area contributed by atoms with Crippen LogP contribution in [-0.2, 0) is 6.61 Å². The zero-order valence-corrected chi connectivity index (χ0v) is 12.6. The number of ether oxygens (including phenoxy) is 1. The fourth-order valence-corrected chi connectivity index (χ4v) is 2.24. The Morgan fingerprint density at radius 2 is 1.95 bits per heavy atom. The van der Waals surface area contributed by atoms with E-state index in [-0.39, 0.29) is 5.84 Å². The van der Waals surface area contributed by atoms with Crippen molar-refractivity contribution in [1.29, 1.82) is 0 Å². The van der Waals surface area contributed by atoms with Crippen molar-refractivity contribution in [2.24, 2.45) is 10.9 Å². The van der Waals surface area contributed by atoms with E-state index >= 15 is 0 Å². The lowest BCUT2D eigenvalue weighted by molar-refractivity contribution is 0.304. The van der Waals surface area contributed by atoms with E-state index in [1.165, 1.54) is 0 Å². The zero-order valence-electron chi connectivity index (χ0n) is 11.0. The number of benzene rings is 2. The van der Waals surface area contributed by atoms with E-state index in [2.05, 4.69) is 21.1 Å². The number of hydrogen-bond donors (Lipinski definition) is 2. The average Bonchev–Trinajstić information content (AvgIpc) is 2.46. The van der Waals surface area contributed by atoms with Gasteiger partial charge in [0.1, 0.15) is 12.4 Å². The fourth-order valence-electron chi connectivity index (χ4n) is 1.77. The first-order valence-corrected chi connectivity index (χ1v) is 6.85. The van der Waals surface area contributed by atoms with Gasteiger partial charge in [-0.1, -0.05) is 45.4 Å². The van der Waals surface area contributed by atoms with Crippen LogP contribution in [0.3, 0.4) is 0 Å². The maximum atomic E-state index is 8.60. The van der Waals surface area contributed by atoms with E-state index in [4.69, 9.17) is 15.7 Å². The third kappa shape index (κ3) is 3.51. The summed E-state index contributed by atoms with van der Waals surface area (Å²) in [7, 11) is 0. The Morgan fingerprint density at radius 1 is 1.25 bits per heavy atom. The molecule has 2 aromatic rings. The van der Waals surface area contributed by atoms with Crippen LogP contribution < -0.4 is 10.5 Å². The van der Waals surface area contributed by atoms with Gasteiger partial charge < -0.3 is 15.7 Å². The van der Waals surface area contributed by atoms with E-state index in [9.17, 15) is 0 Å². The van der Waals surface area contributed by atoms with Crippen LogP contribution in [0.15, 0.2) is 52.1 Å². The Hall–Kier alpha value is -2.01. The Morgan fingerprint density at radius 3 is 2.55 bits per heavy atom. The monoisotopic (exact) mass is 334 g/mol.